The zero-order valence-corrected chi connectivity index (χ0v) is 6.90. The van der Waals surface area contributed by atoms with Crippen LogP contribution in [0.25, 0.3) is 0 Å². The van der Waals surface area contributed by atoms with Crippen molar-refractivity contribution < 1.29 is 9.90 Å². The molecule has 0 saturated heterocycles. The molecule has 0 unspecified atom stereocenters. The predicted octanol–water partition coefficient (Wildman–Crippen LogP) is 1.21. The number of hydrogen-bond donors (Lipinski definition) is 1. The third-order valence-corrected chi connectivity index (χ3v) is 2.47. The first-order chi connectivity index (χ1) is 5.70. The van der Waals surface area contributed by atoms with Crippen LogP contribution in [0.3, 0.4) is 0 Å². The van der Waals surface area contributed by atoms with Crippen LogP contribution < -0.4 is 0 Å². The Morgan fingerprint density at radius 2 is 2.50 bits per heavy atom. The Balaban J connectivity index is 2.15. The fourth-order valence-electron chi connectivity index (χ4n) is 1.65. The van der Waals surface area contributed by atoms with Crippen LogP contribution in [0.5, 0.6) is 0 Å². The van der Waals surface area contributed by atoms with Gasteiger partial charge in [-0.2, -0.15) is 0 Å². The van der Waals surface area contributed by atoms with Crippen molar-refractivity contribution in [2.24, 2.45) is 13.0 Å². The smallest absolute Gasteiger partial charge is 0.307 e. The lowest BCUT2D eigenvalue weighted by atomic mass is 10.2. The molecule has 1 aromatic rings. The second-order valence-electron chi connectivity index (χ2n) is 3.33. The van der Waals surface area contributed by atoms with E-state index in [1.807, 2.05) is 29.9 Å². The first-order valence-electron chi connectivity index (χ1n) is 4.04. The molecule has 64 valence electrons. The molecule has 3 nitrogen and oxygen atoms in total. The Morgan fingerprint density at radius 1 is 1.75 bits per heavy atom. The molecule has 3 heteroatoms. The largest absolute Gasteiger partial charge is 0.481 e. The Bertz CT molecular complexity index is 316. The van der Waals surface area contributed by atoms with Gasteiger partial charge in [0.05, 0.1) is 5.92 Å². The van der Waals surface area contributed by atoms with E-state index in [0.717, 1.165) is 12.1 Å². The molecule has 0 bridgehead atoms. The maximum atomic E-state index is 10.6. The molecule has 0 amide bonds. The normalized spacial score (nSPS) is 27.1. The van der Waals surface area contributed by atoms with Gasteiger partial charge in [0.25, 0.3) is 0 Å². The van der Waals surface area contributed by atoms with E-state index in [2.05, 4.69) is 0 Å². The minimum Gasteiger partial charge on any atom is -0.481 e. The third kappa shape index (κ3) is 1.02. The third-order valence-electron chi connectivity index (χ3n) is 2.47. The van der Waals surface area contributed by atoms with Gasteiger partial charge in [0, 0.05) is 24.9 Å². The van der Waals surface area contributed by atoms with Gasteiger partial charge in [-0.15, -0.1) is 0 Å². The minimum absolute atomic E-state index is 0.140. The highest BCUT2D eigenvalue weighted by Gasteiger charge is 2.45. The number of nitrogens with zero attached hydrogens (tertiary/aromatic N) is 1. The highest BCUT2D eigenvalue weighted by atomic mass is 16.4. The van der Waals surface area contributed by atoms with Gasteiger partial charge in [0.1, 0.15) is 0 Å². The molecule has 0 radical (unpaired) electrons. The Hall–Kier alpha value is -1.25. The van der Waals surface area contributed by atoms with Crippen molar-refractivity contribution in [1.82, 2.24) is 4.57 Å². The number of aromatic nitrogens is 1. The highest BCUT2D eigenvalue weighted by Crippen LogP contribution is 2.47. The van der Waals surface area contributed by atoms with Crippen molar-refractivity contribution in [1.29, 1.82) is 0 Å². The van der Waals surface area contributed by atoms with Crippen molar-refractivity contribution in [3.63, 3.8) is 0 Å². The number of hydrogen-bond acceptors (Lipinski definition) is 1. The molecule has 0 spiro atoms. The molecule has 1 saturated carbocycles. The highest BCUT2D eigenvalue weighted by molar-refractivity contribution is 5.75. The van der Waals surface area contributed by atoms with E-state index in [-0.39, 0.29) is 11.8 Å². The number of aryl methyl sites for hydroxylation is 1. The summed E-state index contributed by atoms with van der Waals surface area (Å²) in [5, 5.41) is 8.70. The fourth-order valence-corrected chi connectivity index (χ4v) is 1.65. The van der Waals surface area contributed by atoms with E-state index >= 15 is 0 Å². The summed E-state index contributed by atoms with van der Waals surface area (Å²) in [5.74, 6) is -0.553. The Kier molecular flexibility index (Phi) is 1.46. The van der Waals surface area contributed by atoms with Crippen molar-refractivity contribution in [2.75, 3.05) is 0 Å². The molecule has 1 heterocycles. The van der Waals surface area contributed by atoms with Gasteiger partial charge in [0.15, 0.2) is 0 Å². The minimum atomic E-state index is -0.666. The first kappa shape index (κ1) is 7.40. The molecule has 2 rings (SSSR count). The molecule has 1 aliphatic rings. The maximum Gasteiger partial charge on any atom is 0.307 e. The summed E-state index contributed by atoms with van der Waals surface area (Å²) in [7, 11) is 1.95. The monoisotopic (exact) mass is 165 g/mol. The van der Waals surface area contributed by atoms with Crippen molar-refractivity contribution in [2.45, 2.75) is 12.3 Å². The van der Waals surface area contributed by atoms with Crippen molar-refractivity contribution in [3.8, 4) is 0 Å². The number of rotatable bonds is 2. The summed E-state index contributed by atoms with van der Waals surface area (Å²) in [6, 6.07) is 3.94. The summed E-state index contributed by atoms with van der Waals surface area (Å²) in [4.78, 5) is 10.6. The van der Waals surface area contributed by atoms with Crippen LogP contribution in [-0.4, -0.2) is 15.6 Å². The molecule has 1 aromatic heterocycles. The Labute approximate surface area is 70.6 Å². The quantitative estimate of drug-likeness (QED) is 0.715. The van der Waals surface area contributed by atoms with Gasteiger partial charge in [0.2, 0.25) is 0 Å². The van der Waals surface area contributed by atoms with Crippen LogP contribution in [0.4, 0.5) is 0 Å². The second-order valence-corrected chi connectivity index (χ2v) is 3.33. The molecule has 1 fully saturated rings. The van der Waals surface area contributed by atoms with Crippen LogP contribution in [-0.2, 0) is 11.8 Å². The van der Waals surface area contributed by atoms with Crippen LogP contribution >= 0.6 is 0 Å². The lowest BCUT2D eigenvalue weighted by molar-refractivity contribution is -0.138. The topological polar surface area (TPSA) is 42.2 Å². The number of aliphatic carboxylic acids is 1. The first-order valence-corrected chi connectivity index (χ1v) is 4.04. The summed E-state index contributed by atoms with van der Waals surface area (Å²) in [5.41, 5.74) is 1.14. The zero-order valence-electron chi connectivity index (χ0n) is 6.90. The second kappa shape index (κ2) is 2.37. The van der Waals surface area contributed by atoms with Crippen LogP contribution in [0.2, 0.25) is 0 Å². The number of carbonyl (C=O) groups is 1. The molecular formula is C9H11NO2. The number of carboxylic acid groups (broad SMARTS) is 1. The molecule has 1 aliphatic carbocycles. The van der Waals surface area contributed by atoms with Crippen molar-refractivity contribution >= 4 is 5.97 Å². The van der Waals surface area contributed by atoms with Gasteiger partial charge in [-0.25, -0.2) is 0 Å². The molecule has 2 atom stereocenters. The van der Waals surface area contributed by atoms with E-state index in [0.29, 0.717) is 0 Å². The molecule has 1 N–H and O–H groups in total. The Morgan fingerprint density at radius 3 is 2.92 bits per heavy atom. The maximum absolute atomic E-state index is 10.6. The van der Waals surface area contributed by atoms with Crippen LogP contribution in [0.1, 0.15) is 18.0 Å². The van der Waals surface area contributed by atoms with E-state index in [1.165, 1.54) is 0 Å². The van der Waals surface area contributed by atoms with E-state index in [9.17, 15) is 4.79 Å². The van der Waals surface area contributed by atoms with Crippen LogP contribution in [0.15, 0.2) is 18.3 Å². The lowest BCUT2D eigenvalue weighted by Gasteiger charge is -1.99. The van der Waals surface area contributed by atoms with Gasteiger partial charge >= 0.3 is 5.97 Å². The summed E-state index contributed by atoms with van der Waals surface area (Å²) in [6.07, 6.45) is 2.75. The average Bonchev–Trinajstić information content (AvgIpc) is 2.70. The molecular weight excluding hydrogens is 154 g/mol. The SMILES string of the molecule is Cn1cccc1[C@@H]1C[C@H]1C(=O)O. The van der Waals surface area contributed by atoms with Crippen LogP contribution in [0, 0.1) is 5.92 Å². The molecule has 0 aliphatic heterocycles. The van der Waals surface area contributed by atoms with Gasteiger partial charge < -0.3 is 9.67 Å². The molecule has 12 heavy (non-hydrogen) atoms. The van der Waals surface area contributed by atoms with Gasteiger partial charge in [-0.1, -0.05) is 0 Å². The lowest BCUT2D eigenvalue weighted by Crippen LogP contribution is -2.01. The molecule has 0 aromatic carbocycles. The summed E-state index contributed by atoms with van der Waals surface area (Å²) >= 11 is 0. The van der Waals surface area contributed by atoms with Gasteiger partial charge in [-0.05, 0) is 18.6 Å². The summed E-state index contributed by atoms with van der Waals surface area (Å²) < 4.78 is 1.99. The predicted molar refractivity (Wildman–Crippen MR) is 43.9 cm³/mol. The summed E-state index contributed by atoms with van der Waals surface area (Å²) in [6.45, 7) is 0. The zero-order chi connectivity index (χ0) is 8.72. The van der Waals surface area contributed by atoms with E-state index in [1.54, 1.807) is 0 Å². The fraction of sp³-hybridized carbons (Fsp3) is 0.444. The average molecular weight is 165 g/mol. The van der Waals surface area contributed by atoms with Crippen molar-refractivity contribution in [3.05, 3.63) is 24.0 Å². The van der Waals surface area contributed by atoms with Gasteiger partial charge in [-0.3, -0.25) is 4.79 Å². The number of carboxylic acids is 1. The van der Waals surface area contributed by atoms with E-state index < -0.39 is 5.97 Å². The standard InChI is InChI=1S/C9H11NO2/c1-10-4-2-3-8(10)6-5-7(6)9(11)12/h2-4,6-7H,5H2,1H3,(H,11,12)/t6-,7-/m1/s1. The van der Waals surface area contributed by atoms with E-state index in [4.69, 9.17) is 5.11 Å².